The van der Waals surface area contributed by atoms with Crippen LogP contribution in [0.3, 0.4) is 0 Å². The first-order valence-electron chi connectivity index (χ1n) is 8.43. The van der Waals surface area contributed by atoms with Crippen molar-refractivity contribution < 1.29 is 4.79 Å². The van der Waals surface area contributed by atoms with Crippen LogP contribution in [0.5, 0.6) is 0 Å². The molecule has 0 bridgehead atoms. The summed E-state index contributed by atoms with van der Waals surface area (Å²) in [4.78, 5) is 23.0. The van der Waals surface area contributed by atoms with Gasteiger partial charge in [-0.2, -0.15) is 0 Å². The van der Waals surface area contributed by atoms with E-state index in [9.17, 15) is 4.79 Å². The van der Waals surface area contributed by atoms with Gasteiger partial charge in [0.15, 0.2) is 0 Å². The molecule has 26 heavy (non-hydrogen) atoms. The Bertz CT molecular complexity index is 786. The van der Waals surface area contributed by atoms with Gasteiger partial charge in [-0.15, -0.1) is 24.8 Å². The maximum Gasteiger partial charge on any atom is 0.253 e. The van der Waals surface area contributed by atoms with Crippen LogP contribution in [-0.4, -0.2) is 52.0 Å². The number of carbonyl (C=O) groups excluding carboxylic acids is 1. The molecule has 2 aliphatic rings. The molecule has 1 saturated heterocycles. The predicted octanol–water partition coefficient (Wildman–Crippen LogP) is 1.92. The standard InChI is InChI=1S/C17H22N6O.2ClH/c1-22-8-4-11(5-9-22)23-14-3-7-19-16(24)12(14)10-15(23)13-2-6-20-17(18)21-13;;/h2,6,10-11H,3-5,7-9H2,1H3,(H,19,24)(H2,18,20,21);2*1H. The van der Waals surface area contributed by atoms with Crippen LogP contribution in [0, 0.1) is 0 Å². The molecule has 7 nitrogen and oxygen atoms in total. The number of halogens is 2. The van der Waals surface area contributed by atoms with Crippen molar-refractivity contribution in [3.63, 3.8) is 0 Å². The first kappa shape index (κ1) is 20.5. The Morgan fingerprint density at radius 3 is 2.69 bits per heavy atom. The summed E-state index contributed by atoms with van der Waals surface area (Å²) in [6.07, 6.45) is 4.68. The number of likely N-dealkylation sites (tertiary alicyclic amines) is 1. The molecule has 0 aliphatic carbocycles. The third kappa shape index (κ3) is 3.65. The predicted molar refractivity (Wildman–Crippen MR) is 106 cm³/mol. The number of nitrogens with one attached hydrogen (secondary N) is 1. The number of nitrogen functional groups attached to an aromatic ring is 1. The van der Waals surface area contributed by atoms with Crippen molar-refractivity contribution in [1.29, 1.82) is 0 Å². The molecular weight excluding hydrogens is 375 g/mol. The molecule has 4 heterocycles. The van der Waals surface area contributed by atoms with Crippen LogP contribution in [0.4, 0.5) is 5.95 Å². The van der Waals surface area contributed by atoms with Gasteiger partial charge in [0, 0.05) is 30.9 Å². The fourth-order valence-electron chi connectivity index (χ4n) is 3.79. The lowest BCUT2D eigenvalue weighted by molar-refractivity contribution is 0.0944. The summed E-state index contributed by atoms with van der Waals surface area (Å²) in [5.41, 5.74) is 9.42. The second kappa shape index (κ2) is 8.24. The first-order chi connectivity index (χ1) is 11.6. The van der Waals surface area contributed by atoms with Gasteiger partial charge in [-0.3, -0.25) is 4.79 Å². The molecule has 2 aliphatic heterocycles. The molecule has 0 unspecified atom stereocenters. The Hall–Kier alpha value is -1.83. The fraction of sp³-hybridized carbons (Fsp3) is 0.471. The van der Waals surface area contributed by atoms with Crippen molar-refractivity contribution in [2.24, 2.45) is 0 Å². The number of hydrogen-bond donors (Lipinski definition) is 2. The lowest BCUT2D eigenvalue weighted by Crippen LogP contribution is -2.35. The zero-order valence-corrected chi connectivity index (χ0v) is 16.3. The van der Waals surface area contributed by atoms with E-state index < -0.39 is 0 Å². The molecule has 1 amide bonds. The summed E-state index contributed by atoms with van der Waals surface area (Å²) in [5.74, 6) is 0.261. The van der Waals surface area contributed by atoms with E-state index in [0.29, 0.717) is 12.6 Å². The van der Waals surface area contributed by atoms with Gasteiger partial charge in [0.25, 0.3) is 5.91 Å². The van der Waals surface area contributed by atoms with Gasteiger partial charge in [0.05, 0.1) is 17.0 Å². The van der Waals surface area contributed by atoms with E-state index in [-0.39, 0.29) is 36.7 Å². The van der Waals surface area contributed by atoms with Crippen LogP contribution in [0.1, 0.15) is 34.9 Å². The molecule has 1 fully saturated rings. The minimum atomic E-state index is 0. The summed E-state index contributed by atoms with van der Waals surface area (Å²) in [7, 11) is 2.15. The number of carbonyl (C=O) groups is 1. The highest BCUT2D eigenvalue weighted by atomic mass is 35.5. The topological polar surface area (TPSA) is 89.1 Å². The van der Waals surface area contributed by atoms with Crippen molar-refractivity contribution >= 4 is 36.7 Å². The SMILES string of the molecule is CN1CCC(n2c(-c3ccnc(N)n3)cc3c2CCNC3=O)CC1.Cl.Cl. The fourth-order valence-corrected chi connectivity index (χ4v) is 3.79. The highest BCUT2D eigenvalue weighted by molar-refractivity contribution is 5.98. The van der Waals surface area contributed by atoms with Crippen LogP contribution in [0.25, 0.3) is 11.4 Å². The van der Waals surface area contributed by atoms with Crippen molar-refractivity contribution in [2.45, 2.75) is 25.3 Å². The molecule has 2 aromatic heterocycles. The third-order valence-electron chi connectivity index (χ3n) is 5.02. The summed E-state index contributed by atoms with van der Waals surface area (Å²) < 4.78 is 2.34. The van der Waals surface area contributed by atoms with Crippen molar-refractivity contribution in [3.8, 4) is 11.4 Å². The molecule has 0 aromatic carbocycles. The molecule has 142 valence electrons. The quantitative estimate of drug-likeness (QED) is 0.806. The highest BCUT2D eigenvalue weighted by Crippen LogP contribution is 2.34. The monoisotopic (exact) mass is 398 g/mol. The number of rotatable bonds is 2. The van der Waals surface area contributed by atoms with E-state index in [1.807, 2.05) is 12.1 Å². The van der Waals surface area contributed by atoms with Crippen LogP contribution in [-0.2, 0) is 6.42 Å². The Morgan fingerprint density at radius 2 is 2.00 bits per heavy atom. The average molecular weight is 399 g/mol. The largest absolute Gasteiger partial charge is 0.368 e. The lowest BCUT2D eigenvalue weighted by atomic mass is 10.0. The van der Waals surface area contributed by atoms with Crippen LogP contribution >= 0.6 is 24.8 Å². The zero-order chi connectivity index (χ0) is 16.7. The number of amides is 1. The maximum absolute atomic E-state index is 12.3. The molecule has 4 rings (SSSR count). The molecule has 0 saturated carbocycles. The van der Waals surface area contributed by atoms with E-state index in [1.165, 1.54) is 0 Å². The molecule has 2 aromatic rings. The van der Waals surface area contributed by atoms with Crippen molar-refractivity contribution in [1.82, 2.24) is 24.8 Å². The summed E-state index contributed by atoms with van der Waals surface area (Å²) in [6, 6.07) is 4.21. The molecule has 3 N–H and O–H groups in total. The minimum absolute atomic E-state index is 0. The number of nitrogens with zero attached hydrogens (tertiary/aromatic N) is 4. The molecular formula is C17H24Cl2N6O. The normalized spacial score (nSPS) is 17.7. The second-order valence-electron chi connectivity index (χ2n) is 6.60. The number of nitrogens with two attached hydrogens (primary N) is 1. The van der Waals surface area contributed by atoms with E-state index in [2.05, 4.69) is 31.8 Å². The maximum atomic E-state index is 12.3. The number of fused-ring (bicyclic) bond motifs is 1. The third-order valence-corrected chi connectivity index (χ3v) is 5.02. The summed E-state index contributed by atoms with van der Waals surface area (Å²) in [6.45, 7) is 2.82. The lowest BCUT2D eigenvalue weighted by Gasteiger charge is -2.33. The minimum Gasteiger partial charge on any atom is -0.368 e. The van der Waals surface area contributed by atoms with Crippen molar-refractivity contribution in [3.05, 3.63) is 29.6 Å². The molecule has 0 atom stereocenters. The van der Waals surface area contributed by atoms with Gasteiger partial charge in [-0.1, -0.05) is 0 Å². The highest BCUT2D eigenvalue weighted by Gasteiger charge is 2.29. The van der Waals surface area contributed by atoms with Gasteiger partial charge >= 0.3 is 0 Å². The average Bonchev–Trinajstić information content (AvgIpc) is 2.97. The van der Waals surface area contributed by atoms with E-state index in [0.717, 1.165) is 55.0 Å². The first-order valence-corrected chi connectivity index (χ1v) is 8.43. The van der Waals surface area contributed by atoms with Gasteiger partial charge < -0.3 is 20.5 Å². The van der Waals surface area contributed by atoms with E-state index in [1.54, 1.807) is 6.20 Å². The van der Waals surface area contributed by atoms with Gasteiger partial charge in [0.2, 0.25) is 5.95 Å². The van der Waals surface area contributed by atoms with Crippen LogP contribution < -0.4 is 11.1 Å². The summed E-state index contributed by atoms with van der Waals surface area (Å²) in [5, 5.41) is 2.93. The van der Waals surface area contributed by atoms with Gasteiger partial charge in [-0.05, 0) is 45.1 Å². The zero-order valence-electron chi connectivity index (χ0n) is 14.6. The van der Waals surface area contributed by atoms with Crippen molar-refractivity contribution in [2.75, 3.05) is 32.4 Å². The van der Waals surface area contributed by atoms with Gasteiger partial charge in [0.1, 0.15) is 0 Å². The Kier molecular flexibility index (Phi) is 6.49. The summed E-state index contributed by atoms with van der Waals surface area (Å²) >= 11 is 0. The Labute approximate surface area is 165 Å². The van der Waals surface area contributed by atoms with E-state index in [4.69, 9.17) is 5.73 Å². The van der Waals surface area contributed by atoms with Gasteiger partial charge in [-0.25, -0.2) is 9.97 Å². The molecule has 0 radical (unpaired) electrons. The molecule has 0 spiro atoms. The molecule has 9 heteroatoms. The van der Waals surface area contributed by atoms with Crippen LogP contribution in [0.15, 0.2) is 18.3 Å². The Balaban J connectivity index is 0.00000121. The number of aromatic nitrogens is 3. The number of anilines is 1. The van der Waals surface area contributed by atoms with Crippen LogP contribution in [0.2, 0.25) is 0 Å². The number of hydrogen-bond acceptors (Lipinski definition) is 5. The number of piperidine rings is 1. The second-order valence-corrected chi connectivity index (χ2v) is 6.60. The van der Waals surface area contributed by atoms with E-state index >= 15 is 0 Å². The Morgan fingerprint density at radius 1 is 1.27 bits per heavy atom. The smallest absolute Gasteiger partial charge is 0.253 e.